The number of ether oxygens (including phenoxy) is 2. The van der Waals surface area contributed by atoms with Crippen LogP contribution in [0.2, 0.25) is 0 Å². The van der Waals surface area contributed by atoms with Gasteiger partial charge in [-0.2, -0.15) is 0 Å². The van der Waals surface area contributed by atoms with Gasteiger partial charge in [-0.05, 0) is 118 Å². The van der Waals surface area contributed by atoms with Crippen LogP contribution in [0.5, 0.6) is 0 Å². The molecule has 0 aromatic heterocycles. The largest absolute Gasteiger partial charge is 0.394 e. The van der Waals surface area contributed by atoms with Crippen LogP contribution in [-0.2, 0) is 22.3 Å². The summed E-state index contributed by atoms with van der Waals surface area (Å²) in [6, 6.07) is 14.4. The Balaban J connectivity index is 1.11. The second-order valence-corrected chi connectivity index (χ2v) is 14.0. The van der Waals surface area contributed by atoms with Crippen molar-refractivity contribution in [2.75, 3.05) is 24.7 Å². The fraction of sp³-hybridized carbons (Fsp3) is 0.316. The zero-order valence-electron chi connectivity index (χ0n) is 24.3. The van der Waals surface area contributed by atoms with E-state index in [1.807, 2.05) is 0 Å². The maximum absolute atomic E-state index is 10.6. The van der Waals surface area contributed by atoms with Crippen LogP contribution in [0.15, 0.2) is 42.5 Å². The van der Waals surface area contributed by atoms with E-state index in [9.17, 15) is 20.4 Å². The van der Waals surface area contributed by atoms with Gasteiger partial charge in [-0.1, -0.05) is 36.4 Å². The van der Waals surface area contributed by atoms with E-state index in [0.29, 0.717) is 6.54 Å². The van der Waals surface area contributed by atoms with Crippen molar-refractivity contribution in [3.8, 4) is 0 Å². The van der Waals surface area contributed by atoms with Gasteiger partial charge in [-0.25, -0.2) is 0 Å². The third-order valence-corrected chi connectivity index (χ3v) is 12.0. The summed E-state index contributed by atoms with van der Waals surface area (Å²) in [5, 5.41) is 58.0. The molecule has 0 saturated carbocycles. The molecule has 2 heterocycles. The number of anilines is 1. The summed E-state index contributed by atoms with van der Waals surface area (Å²) < 4.78 is 11.7. The summed E-state index contributed by atoms with van der Waals surface area (Å²) in [6.45, 7) is 0.332. The molecule has 4 N–H and O–H groups in total. The molecule has 6 atom stereocenters. The molecule has 0 radical (unpaired) electrons. The molecule has 2 aliphatic heterocycles. The lowest BCUT2D eigenvalue weighted by atomic mass is 9.77. The lowest BCUT2D eigenvalue weighted by Crippen LogP contribution is -2.59. The Labute approximate surface area is 256 Å². The van der Waals surface area contributed by atoms with Crippen LogP contribution >= 0.6 is 0 Å². The first kappa shape index (κ1) is 24.4. The van der Waals surface area contributed by atoms with Crippen LogP contribution < -0.4 is 4.90 Å². The average molecular weight is 596 g/mol. The number of hydrogen-bond acceptors (Lipinski definition) is 7. The van der Waals surface area contributed by atoms with Crippen molar-refractivity contribution < 1.29 is 29.9 Å². The highest BCUT2D eigenvalue weighted by molar-refractivity contribution is 6.51. The van der Waals surface area contributed by atoms with Gasteiger partial charge in [0.05, 0.1) is 19.3 Å². The molecule has 222 valence electrons. The van der Waals surface area contributed by atoms with Crippen molar-refractivity contribution in [1.29, 1.82) is 0 Å². The van der Waals surface area contributed by atoms with E-state index in [1.165, 1.54) is 104 Å². The predicted molar refractivity (Wildman–Crippen MR) is 174 cm³/mol. The summed E-state index contributed by atoms with van der Waals surface area (Å²) in [5.74, 6) is 0. The summed E-state index contributed by atoms with van der Waals surface area (Å²) >= 11 is 0. The van der Waals surface area contributed by atoms with Crippen molar-refractivity contribution in [1.82, 2.24) is 0 Å². The average Bonchev–Trinajstić information content (AvgIpc) is 3.73. The topological polar surface area (TPSA) is 103 Å². The Hall–Kier alpha value is -3.82. The Morgan fingerprint density at radius 3 is 2.27 bits per heavy atom. The molecule has 7 aromatic carbocycles. The highest BCUT2D eigenvalue weighted by Gasteiger charge is 2.45. The summed E-state index contributed by atoms with van der Waals surface area (Å²) in [5.41, 5.74) is 9.88. The summed E-state index contributed by atoms with van der Waals surface area (Å²) in [4.78, 5) is 2.49. The van der Waals surface area contributed by atoms with Crippen molar-refractivity contribution >= 4 is 75.9 Å². The fourth-order valence-corrected chi connectivity index (χ4v) is 10.4. The maximum atomic E-state index is 10.6. The summed E-state index contributed by atoms with van der Waals surface area (Å²) in [7, 11) is 0. The summed E-state index contributed by atoms with van der Waals surface area (Å²) in [6.07, 6.45) is -1.10. The highest BCUT2D eigenvalue weighted by atomic mass is 16.7. The van der Waals surface area contributed by atoms with Crippen LogP contribution in [0, 0.1) is 0 Å². The molecule has 45 heavy (non-hydrogen) atoms. The van der Waals surface area contributed by atoms with E-state index in [1.54, 1.807) is 0 Å². The van der Waals surface area contributed by atoms with Crippen LogP contribution in [0.4, 0.5) is 5.69 Å². The van der Waals surface area contributed by atoms with Gasteiger partial charge in [0.15, 0.2) is 6.29 Å². The molecule has 1 saturated heterocycles. The molecule has 3 unspecified atom stereocenters. The minimum absolute atomic E-state index is 0.148. The molecule has 7 aromatic rings. The van der Waals surface area contributed by atoms with Gasteiger partial charge in [0, 0.05) is 17.6 Å². The van der Waals surface area contributed by atoms with E-state index >= 15 is 0 Å². The molecule has 12 rings (SSSR count). The SMILES string of the molecule is OCC1O[C@@H](OCCN2c3ccc4c5c3c3c6c7c8c(cc9ccc%10cc(c5c5c%10c9c8c35)C4)CC7=CCC62)C(O)[C@@H](O)[C@@H]1O. The van der Waals surface area contributed by atoms with Gasteiger partial charge in [-0.15, -0.1) is 0 Å². The van der Waals surface area contributed by atoms with Gasteiger partial charge in [0.2, 0.25) is 0 Å². The quantitative estimate of drug-likeness (QED) is 0.211. The minimum atomic E-state index is -1.46. The van der Waals surface area contributed by atoms with Gasteiger partial charge in [0.25, 0.3) is 0 Å². The van der Waals surface area contributed by atoms with Crippen LogP contribution in [0.25, 0.3) is 70.2 Å². The molecular weight excluding hydrogens is 566 g/mol. The normalized spacial score (nSPS) is 28.1. The van der Waals surface area contributed by atoms with Gasteiger partial charge < -0.3 is 34.8 Å². The number of aliphatic hydroxyl groups is 4. The number of hydrogen-bond donors (Lipinski definition) is 4. The minimum Gasteiger partial charge on any atom is -0.394 e. The number of rotatable bonds is 5. The molecular formula is C38H29NO6. The number of nitrogens with zero attached hydrogens (tertiary/aromatic N) is 1. The monoisotopic (exact) mass is 595 g/mol. The van der Waals surface area contributed by atoms with Crippen molar-refractivity contribution in [3.63, 3.8) is 0 Å². The lowest BCUT2D eigenvalue weighted by Gasteiger charge is -2.43. The molecule has 7 nitrogen and oxygen atoms in total. The maximum Gasteiger partial charge on any atom is 0.186 e. The molecule has 5 aliphatic rings. The Morgan fingerprint density at radius 2 is 1.47 bits per heavy atom. The van der Waals surface area contributed by atoms with E-state index in [-0.39, 0.29) is 12.6 Å². The first-order chi connectivity index (χ1) is 22.0. The standard InChI is InChI=1S/C38H29NO6/c40-13-22-35(41)36(42)37(43)38(45-22)44-8-7-39-20-5-3-16-11-18-9-14-1-2-15-10-19-12-17-4-6-21(39)30-24(17)28(19)32-26(15)25(14)31-27(18)23(16)29(20)33(30)34(31)32/h1-5,9-10,21-22,35-38,40-43H,6-8,11-13H2/t21?,22?,35-,36+,37?,38-/m1/s1. The predicted octanol–water partition coefficient (Wildman–Crippen LogP) is 4.84. The Bertz CT molecular complexity index is 2500. The van der Waals surface area contributed by atoms with Crippen LogP contribution in [0.1, 0.15) is 40.3 Å². The fourth-order valence-electron chi connectivity index (χ4n) is 10.4. The molecule has 7 heteroatoms. The second-order valence-electron chi connectivity index (χ2n) is 14.0. The van der Waals surface area contributed by atoms with Gasteiger partial charge in [-0.3, -0.25) is 0 Å². The smallest absolute Gasteiger partial charge is 0.186 e. The van der Waals surface area contributed by atoms with Crippen molar-refractivity contribution in [2.45, 2.75) is 56.0 Å². The van der Waals surface area contributed by atoms with Gasteiger partial charge in [0.1, 0.15) is 24.4 Å². The highest BCUT2D eigenvalue weighted by Crippen LogP contribution is 2.63. The zero-order valence-corrected chi connectivity index (χ0v) is 24.3. The van der Waals surface area contributed by atoms with Crippen LogP contribution in [-0.4, -0.2) is 70.9 Å². The zero-order chi connectivity index (χ0) is 29.6. The Morgan fingerprint density at radius 1 is 0.733 bits per heavy atom. The van der Waals surface area contributed by atoms with E-state index in [4.69, 9.17) is 9.47 Å². The number of allylic oxidation sites excluding steroid dienone is 1. The molecule has 0 bridgehead atoms. The lowest BCUT2D eigenvalue weighted by molar-refractivity contribution is -0.300. The number of benzene rings is 6. The molecule has 0 amide bonds. The van der Waals surface area contributed by atoms with E-state index in [2.05, 4.69) is 47.4 Å². The van der Waals surface area contributed by atoms with Gasteiger partial charge >= 0.3 is 0 Å². The van der Waals surface area contributed by atoms with Crippen molar-refractivity contribution in [3.05, 3.63) is 70.3 Å². The third-order valence-electron chi connectivity index (χ3n) is 12.0. The van der Waals surface area contributed by atoms with E-state index < -0.39 is 37.3 Å². The first-order valence-corrected chi connectivity index (χ1v) is 16.2. The Kier molecular flexibility index (Phi) is 4.21. The molecule has 1 fully saturated rings. The third kappa shape index (κ3) is 2.56. The van der Waals surface area contributed by atoms with Crippen molar-refractivity contribution in [2.24, 2.45) is 0 Å². The molecule has 3 aliphatic carbocycles. The molecule has 0 spiro atoms. The number of aliphatic hydroxyl groups excluding tert-OH is 4. The second kappa shape index (κ2) is 7.76. The van der Waals surface area contributed by atoms with E-state index in [0.717, 1.165) is 19.3 Å². The van der Waals surface area contributed by atoms with Crippen LogP contribution in [0.3, 0.4) is 0 Å². The first-order valence-electron chi connectivity index (χ1n) is 16.2.